The summed E-state index contributed by atoms with van der Waals surface area (Å²) in [5, 5.41) is 0. The molecule has 7 heteroatoms. The Bertz CT molecular complexity index is 281. The normalized spacial score (nSPS) is 11.3. The summed E-state index contributed by atoms with van der Waals surface area (Å²) in [5.74, 6) is 0. The Kier molecular flexibility index (Phi) is 2.54. The van der Waals surface area contributed by atoms with E-state index >= 15 is 0 Å². The number of imidazole rings is 1. The van der Waals surface area contributed by atoms with Gasteiger partial charge >= 0.3 is 12.3 Å². The van der Waals surface area contributed by atoms with E-state index in [0.717, 1.165) is 10.9 Å². The highest BCUT2D eigenvalue weighted by Gasteiger charge is 2.29. The van der Waals surface area contributed by atoms with E-state index in [0.29, 0.717) is 0 Å². The molecule has 0 aliphatic rings. The Morgan fingerprint density at radius 3 is 2.69 bits per heavy atom. The van der Waals surface area contributed by atoms with Crippen molar-refractivity contribution < 1.29 is 22.7 Å². The minimum atomic E-state index is -4.50. The molecule has 0 fully saturated rings. The largest absolute Gasteiger partial charge is 0.439 e. The molecule has 1 rings (SSSR count). The lowest BCUT2D eigenvalue weighted by Gasteiger charge is -2.06. The van der Waals surface area contributed by atoms with Crippen molar-refractivity contribution in [3.05, 3.63) is 18.7 Å². The van der Waals surface area contributed by atoms with Crippen molar-refractivity contribution >= 4 is 6.09 Å². The molecule has 0 N–H and O–H groups in total. The van der Waals surface area contributed by atoms with Crippen LogP contribution in [-0.2, 0) is 4.74 Å². The molecule has 0 spiro atoms. The summed E-state index contributed by atoms with van der Waals surface area (Å²) < 4.78 is 39.4. The molecule has 1 aromatic rings. The highest BCUT2D eigenvalue weighted by Crippen LogP contribution is 2.14. The third kappa shape index (κ3) is 3.14. The van der Waals surface area contributed by atoms with E-state index in [1.165, 1.54) is 12.4 Å². The molecule has 1 aromatic heterocycles. The summed E-state index contributed by atoms with van der Waals surface area (Å²) in [4.78, 5) is 14.2. The van der Waals surface area contributed by atoms with Gasteiger partial charge in [-0.2, -0.15) is 13.2 Å². The number of carbonyl (C=O) groups excluding carboxylic acids is 1. The number of halogens is 3. The standard InChI is InChI=1S/C6H5F3N2O2/c7-6(8,9)3-13-5(12)11-2-1-10-4-11/h1-2,4H,3H2. The number of alkyl halides is 3. The van der Waals surface area contributed by atoms with Gasteiger partial charge in [0.05, 0.1) is 0 Å². The van der Waals surface area contributed by atoms with Crippen molar-refractivity contribution in [3.8, 4) is 0 Å². The molecule has 0 unspecified atom stereocenters. The number of nitrogens with zero attached hydrogens (tertiary/aromatic N) is 2. The highest BCUT2D eigenvalue weighted by atomic mass is 19.4. The Morgan fingerprint density at radius 2 is 2.23 bits per heavy atom. The minimum absolute atomic E-state index is 0.811. The zero-order chi connectivity index (χ0) is 9.90. The summed E-state index contributed by atoms with van der Waals surface area (Å²) >= 11 is 0. The molecular weight excluding hydrogens is 189 g/mol. The van der Waals surface area contributed by atoms with Crippen LogP contribution in [0.1, 0.15) is 0 Å². The smallest absolute Gasteiger partial charge is 0.422 e. The fourth-order valence-electron chi connectivity index (χ4n) is 0.585. The van der Waals surface area contributed by atoms with Crippen molar-refractivity contribution in [2.45, 2.75) is 6.18 Å². The second-order valence-electron chi connectivity index (χ2n) is 2.14. The van der Waals surface area contributed by atoms with Crippen LogP contribution < -0.4 is 0 Å². The van der Waals surface area contributed by atoms with Crippen LogP contribution in [0.2, 0.25) is 0 Å². The Balaban J connectivity index is 2.44. The van der Waals surface area contributed by atoms with E-state index in [2.05, 4.69) is 9.72 Å². The van der Waals surface area contributed by atoms with Gasteiger partial charge in [0.15, 0.2) is 6.61 Å². The van der Waals surface area contributed by atoms with E-state index < -0.39 is 18.9 Å². The first-order valence-corrected chi connectivity index (χ1v) is 3.21. The lowest BCUT2D eigenvalue weighted by atomic mass is 10.7. The van der Waals surface area contributed by atoms with Crippen LogP contribution in [0.15, 0.2) is 18.7 Å². The summed E-state index contributed by atoms with van der Waals surface area (Å²) in [5.41, 5.74) is 0. The SMILES string of the molecule is O=C(OCC(F)(F)F)n1ccnc1. The number of carbonyl (C=O) groups is 1. The Labute approximate surface area is 70.9 Å². The predicted octanol–water partition coefficient (Wildman–Crippen LogP) is 1.43. The van der Waals surface area contributed by atoms with Gasteiger partial charge in [-0.15, -0.1) is 0 Å². The molecule has 0 atom stereocenters. The van der Waals surface area contributed by atoms with E-state index in [-0.39, 0.29) is 0 Å². The van der Waals surface area contributed by atoms with Crippen molar-refractivity contribution in [1.82, 2.24) is 9.55 Å². The lowest BCUT2D eigenvalue weighted by Crippen LogP contribution is -2.22. The average molecular weight is 194 g/mol. The number of hydrogen-bond donors (Lipinski definition) is 0. The quantitative estimate of drug-likeness (QED) is 0.679. The Morgan fingerprint density at radius 1 is 1.54 bits per heavy atom. The first-order valence-electron chi connectivity index (χ1n) is 3.21. The van der Waals surface area contributed by atoms with Crippen molar-refractivity contribution in [1.29, 1.82) is 0 Å². The zero-order valence-electron chi connectivity index (χ0n) is 6.28. The van der Waals surface area contributed by atoms with Crippen molar-refractivity contribution in [2.75, 3.05) is 6.61 Å². The molecule has 0 aromatic carbocycles. The summed E-state index contributed by atoms with van der Waals surface area (Å²) in [6.45, 7) is -1.59. The van der Waals surface area contributed by atoms with Crippen LogP contribution in [0.5, 0.6) is 0 Å². The van der Waals surface area contributed by atoms with Crippen LogP contribution in [-0.4, -0.2) is 28.4 Å². The van der Waals surface area contributed by atoms with E-state index in [1.807, 2.05) is 0 Å². The molecule has 4 nitrogen and oxygen atoms in total. The van der Waals surface area contributed by atoms with Gasteiger partial charge in [-0.1, -0.05) is 0 Å². The maximum atomic E-state index is 11.6. The number of aromatic nitrogens is 2. The fourth-order valence-corrected chi connectivity index (χ4v) is 0.585. The topological polar surface area (TPSA) is 44.1 Å². The van der Waals surface area contributed by atoms with Gasteiger partial charge in [0.2, 0.25) is 0 Å². The maximum Gasteiger partial charge on any atom is 0.422 e. The second kappa shape index (κ2) is 3.46. The molecule has 0 aliphatic carbocycles. The fraction of sp³-hybridized carbons (Fsp3) is 0.333. The third-order valence-electron chi connectivity index (χ3n) is 1.07. The van der Waals surface area contributed by atoms with Crippen LogP contribution >= 0.6 is 0 Å². The highest BCUT2D eigenvalue weighted by molar-refractivity contribution is 5.69. The summed E-state index contributed by atoms with van der Waals surface area (Å²) in [7, 11) is 0. The van der Waals surface area contributed by atoms with Gasteiger partial charge in [-0.3, -0.25) is 0 Å². The second-order valence-corrected chi connectivity index (χ2v) is 2.14. The van der Waals surface area contributed by atoms with Gasteiger partial charge in [-0.05, 0) is 0 Å². The maximum absolute atomic E-state index is 11.6. The van der Waals surface area contributed by atoms with Crippen LogP contribution in [0, 0.1) is 0 Å². The molecule has 0 amide bonds. The van der Waals surface area contributed by atoms with Crippen LogP contribution in [0.4, 0.5) is 18.0 Å². The predicted molar refractivity (Wildman–Crippen MR) is 35.0 cm³/mol. The molecule has 0 aliphatic heterocycles. The number of rotatable bonds is 1. The average Bonchev–Trinajstić information content (AvgIpc) is 2.50. The Hall–Kier alpha value is -1.53. The lowest BCUT2D eigenvalue weighted by molar-refractivity contribution is -0.160. The molecular formula is C6H5F3N2O2. The van der Waals surface area contributed by atoms with Crippen molar-refractivity contribution in [2.24, 2.45) is 0 Å². The van der Waals surface area contributed by atoms with E-state index in [4.69, 9.17) is 0 Å². The molecule has 0 bridgehead atoms. The zero-order valence-corrected chi connectivity index (χ0v) is 6.28. The molecule has 1 heterocycles. The monoisotopic (exact) mass is 194 g/mol. The molecule has 0 saturated carbocycles. The minimum Gasteiger partial charge on any atom is -0.439 e. The number of hydrogen-bond acceptors (Lipinski definition) is 3. The molecule has 72 valence electrons. The van der Waals surface area contributed by atoms with Gasteiger partial charge < -0.3 is 4.74 Å². The van der Waals surface area contributed by atoms with Crippen molar-refractivity contribution in [3.63, 3.8) is 0 Å². The third-order valence-corrected chi connectivity index (χ3v) is 1.07. The number of ether oxygens (including phenoxy) is 1. The van der Waals surface area contributed by atoms with Gasteiger partial charge in [0.25, 0.3) is 0 Å². The summed E-state index contributed by atoms with van der Waals surface area (Å²) in [6, 6.07) is 0. The van der Waals surface area contributed by atoms with Gasteiger partial charge in [0.1, 0.15) is 6.33 Å². The van der Waals surface area contributed by atoms with E-state index in [1.54, 1.807) is 0 Å². The molecule has 13 heavy (non-hydrogen) atoms. The molecule has 0 saturated heterocycles. The van der Waals surface area contributed by atoms with E-state index in [9.17, 15) is 18.0 Å². The van der Waals surface area contributed by atoms with Crippen LogP contribution in [0.25, 0.3) is 0 Å². The first kappa shape index (κ1) is 9.56. The van der Waals surface area contributed by atoms with Crippen LogP contribution in [0.3, 0.4) is 0 Å². The van der Waals surface area contributed by atoms with Gasteiger partial charge in [0, 0.05) is 12.4 Å². The molecule has 0 radical (unpaired) electrons. The van der Waals surface area contributed by atoms with Gasteiger partial charge in [-0.25, -0.2) is 14.3 Å². The summed E-state index contributed by atoms with van der Waals surface area (Å²) in [6.07, 6.45) is -2.10. The first-order chi connectivity index (χ1) is 5.99.